The number of nitrogens with zero attached hydrogens (tertiary/aromatic N) is 4. The summed E-state index contributed by atoms with van der Waals surface area (Å²) in [6.07, 6.45) is 0.730. The maximum atomic E-state index is 13.0. The van der Waals surface area contributed by atoms with Crippen molar-refractivity contribution in [2.24, 2.45) is 0 Å². The summed E-state index contributed by atoms with van der Waals surface area (Å²) in [7, 11) is 0. The minimum absolute atomic E-state index is 0.0494. The van der Waals surface area contributed by atoms with Gasteiger partial charge in [0.05, 0.1) is 11.7 Å². The lowest BCUT2D eigenvalue weighted by molar-refractivity contribution is -0.136. The average molecular weight is 443 g/mol. The minimum atomic E-state index is -0.195. The van der Waals surface area contributed by atoms with Crippen LogP contribution in [0.3, 0.4) is 0 Å². The molecule has 1 aromatic rings. The van der Waals surface area contributed by atoms with Crippen LogP contribution in [0.25, 0.3) is 0 Å². The number of amides is 3. The van der Waals surface area contributed by atoms with E-state index >= 15 is 0 Å². The van der Waals surface area contributed by atoms with Crippen molar-refractivity contribution >= 4 is 40.0 Å². The molecule has 2 saturated heterocycles. The number of hydrogen-bond acceptors (Lipinski definition) is 6. The van der Waals surface area contributed by atoms with E-state index in [1.807, 2.05) is 11.8 Å². The van der Waals surface area contributed by atoms with Gasteiger partial charge in [-0.25, -0.2) is 9.78 Å². The number of hydrogen-bond donors (Lipinski definition) is 2. The van der Waals surface area contributed by atoms with Crippen molar-refractivity contribution in [3.63, 3.8) is 0 Å². The molecule has 0 bridgehead atoms. The molecule has 1 aromatic heterocycles. The molecule has 3 rings (SSSR count). The first-order chi connectivity index (χ1) is 13.7. The Morgan fingerprint density at radius 3 is 2.45 bits per heavy atom. The number of carbonyl (C=O) groups excluding carboxylic acids is 2. The van der Waals surface area contributed by atoms with Crippen molar-refractivity contribution in [1.29, 1.82) is 0 Å². The second-order valence-corrected chi connectivity index (χ2v) is 10.1. The number of aromatic nitrogens is 1. The van der Waals surface area contributed by atoms with Gasteiger partial charge in [0.2, 0.25) is 5.91 Å². The zero-order chi connectivity index (χ0) is 21.2. The molecular weight excluding hydrogens is 412 g/mol. The third-order valence-corrected chi connectivity index (χ3v) is 6.75. The Labute approximate surface area is 181 Å². The molecule has 1 atom stereocenters. The molecule has 29 heavy (non-hydrogen) atoms. The van der Waals surface area contributed by atoms with Gasteiger partial charge in [-0.3, -0.25) is 15.0 Å². The molecule has 1 unspecified atom stereocenters. The van der Waals surface area contributed by atoms with Gasteiger partial charge in [0.15, 0.2) is 5.13 Å². The zero-order valence-electron chi connectivity index (χ0n) is 17.6. The van der Waals surface area contributed by atoms with E-state index in [4.69, 9.17) is 11.6 Å². The Morgan fingerprint density at radius 2 is 1.86 bits per heavy atom. The maximum Gasteiger partial charge on any atom is 0.323 e. The number of urea groups is 1. The average Bonchev–Trinajstić information content (AvgIpc) is 3.06. The number of piperazine rings is 2. The van der Waals surface area contributed by atoms with Crippen LogP contribution in [0.1, 0.15) is 33.4 Å². The van der Waals surface area contributed by atoms with Crippen LogP contribution < -0.4 is 10.6 Å². The molecule has 2 aliphatic heterocycles. The SMILES string of the molecule is CCc1nc(NC(=O)N2CCN(C(=O)C3CN(C(C)(C)C)CCN3)CC2)sc1Cl. The van der Waals surface area contributed by atoms with Gasteiger partial charge >= 0.3 is 6.03 Å². The van der Waals surface area contributed by atoms with Crippen LogP contribution in [0.5, 0.6) is 0 Å². The Bertz CT molecular complexity index is 742. The molecule has 0 saturated carbocycles. The molecule has 2 N–H and O–H groups in total. The predicted octanol–water partition coefficient (Wildman–Crippen LogP) is 2.11. The third-order valence-electron chi connectivity index (χ3n) is 5.50. The lowest BCUT2D eigenvalue weighted by Gasteiger charge is -2.43. The number of nitrogens with one attached hydrogen (secondary N) is 2. The standard InChI is InChI=1S/C19H31ClN6O2S/c1-5-13-15(20)29-17(22-13)23-18(28)25-10-8-24(9-11-25)16(27)14-12-26(7-6-21-14)19(2,3)4/h14,21H,5-12H2,1-4H3,(H,22,23,28). The molecule has 0 spiro atoms. The van der Waals surface area contributed by atoms with Crippen LogP contribution in [0.2, 0.25) is 4.34 Å². The summed E-state index contributed by atoms with van der Waals surface area (Å²) in [4.78, 5) is 35.8. The number of carbonyl (C=O) groups is 2. The second kappa shape index (κ2) is 9.16. The van der Waals surface area contributed by atoms with Crippen molar-refractivity contribution in [2.75, 3.05) is 51.1 Å². The topological polar surface area (TPSA) is 80.8 Å². The van der Waals surface area contributed by atoms with E-state index in [1.165, 1.54) is 11.3 Å². The molecule has 2 fully saturated rings. The van der Waals surface area contributed by atoms with Crippen molar-refractivity contribution < 1.29 is 9.59 Å². The summed E-state index contributed by atoms with van der Waals surface area (Å²) < 4.78 is 0.613. The molecule has 162 valence electrons. The highest BCUT2D eigenvalue weighted by molar-refractivity contribution is 7.19. The third kappa shape index (κ3) is 5.39. The van der Waals surface area contributed by atoms with E-state index in [0.29, 0.717) is 42.2 Å². The number of thiazole rings is 1. The molecule has 3 heterocycles. The summed E-state index contributed by atoms with van der Waals surface area (Å²) in [5.41, 5.74) is 0.847. The quantitative estimate of drug-likeness (QED) is 0.749. The largest absolute Gasteiger partial charge is 0.338 e. The van der Waals surface area contributed by atoms with Crippen LogP contribution in [0, 0.1) is 0 Å². The molecule has 8 nitrogen and oxygen atoms in total. The van der Waals surface area contributed by atoms with Crippen molar-refractivity contribution in [1.82, 2.24) is 25.0 Å². The van der Waals surface area contributed by atoms with Crippen LogP contribution in [-0.2, 0) is 11.2 Å². The van der Waals surface area contributed by atoms with Gasteiger partial charge in [-0.05, 0) is 27.2 Å². The van der Waals surface area contributed by atoms with E-state index < -0.39 is 0 Å². The lowest BCUT2D eigenvalue weighted by atomic mass is 10.0. The highest BCUT2D eigenvalue weighted by Crippen LogP contribution is 2.28. The van der Waals surface area contributed by atoms with Crippen LogP contribution >= 0.6 is 22.9 Å². The first-order valence-corrected chi connectivity index (χ1v) is 11.4. The highest BCUT2D eigenvalue weighted by Gasteiger charge is 2.34. The minimum Gasteiger partial charge on any atom is -0.338 e. The van der Waals surface area contributed by atoms with Crippen molar-refractivity contribution in [3.05, 3.63) is 10.0 Å². The predicted molar refractivity (Wildman–Crippen MR) is 117 cm³/mol. The monoisotopic (exact) mass is 442 g/mol. The van der Waals surface area contributed by atoms with Crippen molar-refractivity contribution in [3.8, 4) is 0 Å². The van der Waals surface area contributed by atoms with Gasteiger partial charge < -0.3 is 15.1 Å². The highest BCUT2D eigenvalue weighted by atomic mass is 35.5. The van der Waals surface area contributed by atoms with Gasteiger partial charge in [-0.15, -0.1) is 0 Å². The molecular formula is C19H31ClN6O2S. The summed E-state index contributed by atoms with van der Waals surface area (Å²) >= 11 is 7.39. The van der Waals surface area contributed by atoms with Crippen LogP contribution in [-0.4, -0.2) is 89.0 Å². The fraction of sp³-hybridized carbons (Fsp3) is 0.737. The summed E-state index contributed by atoms with van der Waals surface area (Å²) in [5.74, 6) is 0.123. The van der Waals surface area contributed by atoms with Gasteiger partial charge in [0, 0.05) is 51.4 Å². The maximum absolute atomic E-state index is 13.0. The normalized spacial score (nSPS) is 21.3. The smallest absolute Gasteiger partial charge is 0.323 e. The fourth-order valence-electron chi connectivity index (χ4n) is 3.65. The van der Waals surface area contributed by atoms with Gasteiger partial charge in [-0.2, -0.15) is 0 Å². The van der Waals surface area contributed by atoms with E-state index in [0.717, 1.165) is 25.2 Å². The Kier molecular flexibility index (Phi) is 7.03. The van der Waals surface area contributed by atoms with E-state index in [9.17, 15) is 9.59 Å². The first-order valence-electron chi connectivity index (χ1n) is 10.2. The molecule has 0 aliphatic carbocycles. The Hall–Kier alpha value is -1.42. The fourth-order valence-corrected chi connectivity index (χ4v) is 4.82. The number of rotatable bonds is 3. The Balaban J connectivity index is 1.50. The molecule has 2 aliphatic rings. The molecule has 3 amide bonds. The molecule has 0 radical (unpaired) electrons. The zero-order valence-corrected chi connectivity index (χ0v) is 19.2. The number of halogens is 1. The van der Waals surface area contributed by atoms with Gasteiger partial charge in [0.25, 0.3) is 0 Å². The van der Waals surface area contributed by atoms with Crippen molar-refractivity contribution in [2.45, 2.75) is 45.7 Å². The number of anilines is 1. The lowest BCUT2D eigenvalue weighted by Crippen LogP contribution is -2.63. The van der Waals surface area contributed by atoms with Crippen LogP contribution in [0.15, 0.2) is 0 Å². The summed E-state index contributed by atoms with van der Waals surface area (Å²) in [6.45, 7) is 13.1. The van der Waals surface area contributed by atoms with Crippen LogP contribution in [0.4, 0.5) is 9.93 Å². The Morgan fingerprint density at radius 1 is 1.21 bits per heavy atom. The summed E-state index contributed by atoms with van der Waals surface area (Å²) in [6, 6.07) is -0.381. The first kappa shape index (κ1) is 22.3. The van der Waals surface area contributed by atoms with Gasteiger partial charge in [0.1, 0.15) is 4.34 Å². The summed E-state index contributed by atoms with van der Waals surface area (Å²) in [5, 5.41) is 6.69. The molecule has 0 aromatic carbocycles. The van der Waals surface area contributed by atoms with E-state index in [-0.39, 0.29) is 23.5 Å². The van der Waals surface area contributed by atoms with Gasteiger partial charge in [-0.1, -0.05) is 29.9 Å². The second-order valence-electron chi connectivity index (χ2n) is 8.46. The van der Waals surface area contributed by atoms with E-state index in [2.05, 4.69) is 41.3 Å². The van der Waals surface area contributed by atoms with E-state index in [1.54, 1.807) is 4.90 Å². The molecule has 10 heteroatoms. The number of aryl methyl sites for hydroxylation is 1.